The van der Waals surface area contributed by atoms with Crippen LogP contribution < -0.4 is 10.1 Å². The van der Waals surface area contributed by atoms with E-state index < -0.39 is 0 Å². The van der Waals surface area contributed by atoms with Gasteiger partial charge in [-0.15, -0.1) is 6.42 Å². The lowest BCUT2D eigenvalue weighted by Gasteiger charge is -2.37. The van der Waals surface area contributed by atoms with Crippen LogP contribution >= 0.6 is 0 Å². The Hall–Kier alpha value is -2.93. The molecule has 0 spiro atoms. The van der Waals surface area contributed by atoms with E-state index in [2.05, 4.69) is 11.2 Å². The molecule has 1 aliphatic rings. The molecule has 2 aromatic rings. The molecule has 4 nitrogen and oxygen atoms in total. The summed E-state index contributed by atoms with van der Waals surface area (Å²) >= 11 is 0. The molecular formula is C19H18N2O2. The van der Waals surface area contributed by atoms with E-state index in [4.69, 9.17) is 11.2 Å². The largest absolute Gasteiger partial charge is 0.494 e. The maximum Gasteiger partial charge on any atom is 0.258 e. The van der Waals surface area contributed by atoms with Gasteiger partial charge in [-0.05, 0) is 36.8 Å². The van der Waals surface area contributed by atoms with Gasteiger partial charge < -0.3 is 15.0 Å². The fraction of sp³-hybridized carbons (Fsp3) is 0.211. The van der Waals surface area contributed by atoms with Gasteiger partial charge in [0.2, 0.25) is 0 Å². The van der Waals surface area contributed by atoms with Gasteiger partial charge in [-0.2, -0.15) is 0 Å². The minimum Gasteiger partial charge on any atom is -0.494 e. The second kappa shape index (κ2) is 6.45. The molecule has 0 saturated carbocycles. The number of para-hydroxylation sites is 1. The second-order valence-corrected chi connectivity index (χ2v) is 5.23. The molecule has 0 unspecified atom stereocenters. The van der Waals surface area contributed by atoms with Crippen molar-refractivity contribution in [1.82, 2.24) is 4.90 Å². The molecule has 1 N–H and O–H groups in total. The Labute approximate surface area is 136 Å². The van der Waals surface area contributed by atoms with Crippen LogP contribution in [0.1, 0.15) is 29.0 Å². The summed E-state index contributed by atoms with van der Waals surface area (Å²) in [7, 11) is 0. The third kappa shape index (κ3) is 2.86. The second-order valence-electron chi connectivity index (χ2n) is 5.23. The summed E-state index contributed by atoms with van der Waals surface area (Å²) in [4.78, 5) is 14.4. The van der Waals surface area contributed by atoms with Crippen LogP contribution in [0.25, 0.3) is 0 Å². The van der Waals surface area contributed by atoms with Crippen molar-refractivity contribution in [3.63, 3.8) is 0 Å². The first kappa shape index (κ1) is 15.0. The first-order valence-corrected chi connectivity index (χ1v) is 7.57. The van der Waals surface area contributed by atoms with Crippen molar-refractivity contribution in [3.8, 4) is 18.1 Å². The van der Waals surface area contributed by atoms with Gasteiger partial charge in [-0.25, -0.2) is 0 Å². The number of ether oxygens (including phenoxy) is 1. The molecule has 0 radical (unpaired) electrons. The van der Waals surface area contributed by atoms with Crippen LogP contribution in [-0.4, -0.2) is 24.0 Å². The summed E-state index contributed by atoms with van der Waals surface area (Å²) in [5.41, 5.74) is 2.43. The van der Waals surface area contributed by atoms with E-state index in [1.54, 1.807) is 4.90 Å². The number of fused-ring (bicyclic) bond motifs is 1. The number of benzene rings is 2. The van der Waals surface area contributed by atoms with E-state index >= 15 is 0 Å². The number of nitrogens with one attached hydrogen (secondary N) is 1. The number of terminal acetylenes is 1. The molecule has 23 heavy (non-hydrogen) atoms. The van der Waals surface area contributed by atoms with Crippen LogP contribution in [0.15, 0.2) is 48.5 Å². The minimum absolute atomic E-state index is 0.0591. The average molecular weight is 306 g/mol. The number of amides is 1. The summed E-state index contributed by atoms with van der Waals surface area (Å²) in [6.45, 7) is 2.81. The molecule has 4 heteroatoms. The van der Waals surface area contributed by atoms with Crippen LogP contribution in [-0.2, 0) is 0 Å². The number of hydrogen-bond acceptors (Lipinski definition) is 3. The number of hydrogen-bond donors (Lipinski definition) is 1. The maximum absolute atomic E-state index is 12.7. The molecule has 1 atom stereocenters. The Morgan fingerprint density at radius 1 is 1.22 bits per heavy atom. The van der Waals surface area contributed by atoms with Crippen molar-refractivity contribution in [2.75, 3.05) is 18.5 Å². The van der Waals surface area contributed by atoms with E-state index in [9.17, 15) is 4.79 Å². The highest BCUT2D eigenvalue weighted by atomic mass is 16.5. The quantitative estimate of drug-likeness (QED) is 0.881. The predicted octanol–water partition coefficient (Wildman–Crippen LogP) is 3.29. The van der Waals surface area contributed by atoms with Crippen molar-refractivity contribution < 1.29 is 9.53 Å². The number of carbonyl (C=O) groups is 1. The molecule has 0 aromatic heterocycles. The topological polar surface area (TPSA) is 41.6 Å². The van der Waals surface area contributed by atoms with E-state index in [-0.39, 0.29) is 18.6 Å². The molecular weight excluding hydrogens is 288 g/mol. The molecule has 0 bridgehead atoms. The van der Waals surface area contributed by atoms with Crippen LogP contribution in [0, 0.1) is 12.3 Å². The van der Waals surface area contributed by atoms with Gasteiger partial charge in [-0.1, -0.05) is 30.2 Å². The molecule has 1 amide bonds. The summed E-state index contributed by atoms with van der Waals surface area (Å²) in [6.07, 6.45) is 5.17. The first-order valence-electron chi connectivity index (χ1n) is 7.57. The van der Waals surface area contributed by atoms with Gasteiger partial charge >= 0.3 is 0 Å². The van der Waals surface area contributed by atoms with Gasteiger partial charge in [0.25, 0.3) is 5.91 Å². The molecule has 1 heterocycles. The lowest BCUT2D eigenvalue weighted by Crippen LogP contribution is -2.43. The summed E-state index contributed by atoms with van der Waals surface area (Å²) in [6, 6.07) is 15.2. The van der Waals surface area contributed by atoms with Crippen LogP contribution in [0.3, 0.4) is 0 Å². The SMILES string of the molecule is C#CCN1C(=O)c2ccccc2N[C@@H]1c1ccc(OCC)cc1. The smallest absolute Gasteiger partial charge is 0.258 e. The maximum atomic E-state index is 12.7. The highest BCUT2D eigenvalue weighted by molar-refractivity contribution is 6.01. The third-order valence-corrected chi connectivity index (χ3v) is 3.79. The summed E-state index contributed by atoms with van der Waals surface area (Å²) < 4.78 is 5.47. The lowest BCUT2D eigenvalue weighted by atomic mass is 10.0. The van der Waals surface area contributed by atoms with Gasteiger partial charge in [0.15, 0.2) is 0 Å². The first-order chi connectivity index (χ1) is 11.2. The molecule has 116 valence electrons. The Morgan fingerprint density at radius 3 is 2.65 bits per heavy atom. The minimum atomic E-state index is -0.288. The Morgan fingerprint density at radius 2 is 1.96 bits per heavy atom. The van der Waals surface area contributed by atoms with Crippen LogP contribution in [0.5, 0.6) is 5.75 Å². The monoisotopic (exact) mass is 306 g/mol. The van der Waals surface area contributed by atoms with Crippen molar-refractivity contribution in [1.29, 1.82) is 0 Å². The standard InChI is InChI=1S/C19H18N2O2/c1-3-13-21-18(14-9-11-15(12-10-14)23-4-2)20-17-8-6-5-7-16(17)19(21)22/h1,5-12,18,20H,4,13H2,2H3/t18-/m0/s1. The summed E-state index contributed by atoms with van der Waals surface area (Å²) in [5, 5.41) is 3.40. The average Bonchev–Trinajstić information content (AvgIpc) is 2.58. The normalized spacial score (nSPS) is 16.3. The molecule has 0 saturated heterocycles. The van der Waals surface area contributed by atoms with Crippen molar-refractivity contribution in [2.24, 2.45) is 0 Å². The van der Waals surface area contributed by atoms with Gasteiger partial charge in [0.05, 0.1) is 18.7 Å². The zero-order valence-corrected chi connectivity index (χ0v) is 13.0. The van der Waals surface area contributed by atoms with Crippen molar-refractivity contribution in [3.05, 3.63) is 59.7 Å². The zero-order valence-electron chi connectivity index (χ0n) is 13.0. The molecule has 2 aromatic carbocycles. The van der Waals surface area contributed by atoms with Crippen LogP contribution in [0.4, 0.5) is 5.69 Å². The number of rotatable bonds is 4. The number of nitrogens with zero attached hydrogens (tertiary/aromatic N) is 1. The zero-order chi connectivity index (χ0) is 16.2. The fourth-order valence-electron chi connectivity index (χ4n) is 2.73. The molecule has 0 aliphatic carbocycles. The third-order valence-electron chi connectivity index (χ3n) is 3.79. The molecule has 0 fully saturated rings. The number of carbonyl (C=O) groups excluding carboxylic acids is 1. The summed E-state index contributed by atoms with van der Waals surface area (Å²) in [5.74, 6) is 3.32. The van der Waals surface area contributed by atoms with Crippen molar-refractivity contribution in [2.45, 2.75) is 13.1 Å². The molecule has 3 rings (SSSR count). The van der Waals surface area contributed by atoms with Gasteiger partial charge in [0.1, 0.15) is 11.9 Å². The molecule has 1 aliphatic heterocycles. The Bertz CT molecular complexity index is 747. The number of anilines is 1. The Kier molecular flexibility index (Phi) is 4.20. The lowest BCUT2D eigenvalue weighted by molar-refractivity contribution is 0.0711. The highest BCUT2D eigenvalue weighted by Crippen LogP contribution is 2.33. The van der Waals surface area contributed by atoms with Gasteiger partial charge in [-0.3, -0.25) is 4.79 Å². The van der Waals surface area contributed by atoms with E-state index in [0.717, 1.165) is 17.0 Å². The predicted molar refractivity (Wildman–Crippen MR) is 90.3 cm³/mol. The Balaban J connectivity index is 1.96. The van der Waals surface area contributed by atoms with Crippen molar-refractivity contribution >= 4 is 11.6 Å². The van der Waals surface area contributed by atoms with E-state index in [1.165, 1.54) is 0 Å². The van der Waals surface area contributed by atoms with E-state index in [1.807, 2.05) is 55.5 Å². The van der Waals surface area contributed by atoms with Gasteiger partial charge in [0, 0.05) is 5.69 Å². The highest BCUT2D eigenvalue weighted by Gasteiger charge is 2.32. The van der Waals surface area contributed by atoms with E-state index in [0.29, 0.717) is 12.2 Å². The van der Waals surface area contributed by atoms with Crippen LogP contribution in [0.2, 0.25) is 0 Å². The fourth-order valence-corrected chi connectivity index (χ4v) is 2.73.